The lowest BCUT2D eigenvalue weighted by Gasteiger charge is -2.29. The van der Waals surface area contributed by atoms with Crippen LogP contribution in [-0.4, -0.2) is 42.3 Å². The van der Waals surface area contributed by atoms with Gasteiger partial charge in [0.25, 0.3) is 0 Å². The van der Waals surface area contributed by atoms with Crippen LogP contribution < -0.4 is 5.73 Å². The average molecular weight is 200 g/mol. The molecule has 1 aliphatic heterocycles. The van der Waals surface area contributed by atoms with E-state index in [0.29, 0.717) is 0 Å². The largest absolute Gasteiger partial charge is 0.393 e. The van der Waals surface area contributed by atoms with E-state index in [0.717, 1.165) is 32.5 Å². The van der Waals surface area contributed by atoms with Gasteiger partial charge in [0, 0.05) is 13.1 Å². The van der Waals surface area contributed by atoms with Crippen molar-refractivity contribution >= 4 is 0 Å². The third kappa shape index (κ3) is 4.94. The van der Waals surface area contributed by atoms with Gasteiger partial charge in [-0.2, -0.15) is 0 Å². The summed E-state index contributed by atoms with van der Waals surface area (Å²) in [6.07, 6.45) is 6.91. The van der Waals surface area contributed by atoms with E-state index in [4.69, 9.17) is 5.73 Å². The van der Waals surface area contributed by atoms with Gasteiger partial charge in [-0.1, -0.05) is 12.8 Å². The normalized spacial score (nSPS) is 20.1. The van der Waals surface area contributed by atoms with E-state index < -0.39 is 0 Å². The molecular weight excluding hydrogens is 176 g/mol. The minimum Gasteiger partial charge on any atom is -0.393 e. The molecule has 1 aliphatic rings. The molecule has 0 amide bonds. The van der Waals surface area contributed by atoms with E-state index in [2.05, 4.69) is 4.90 Å². The highest BCUT2D eigenvalue weighted by Gasteiger charge is 2.15. The van der Waals surface area contributed by atoms with Crippen LogP contribution >= 0.6 is 0 Å². The standard InChI is InChI=1S/C11H24N2O/c12-7-3-1-2-4-8-13-9-5-11(14)6-10-13/h11,14H,1-10,12H2. The number of aliphatic hydroxyl groups is 1. The molecule has 0 aromatic heterocycles. The second-order valence-electron chi connectivity index (χ2n) is 4.28. The predicted molar refractivity (Wildman–Crippen MR) is 59.2 cm³/mol. The number of piperidine rings is 1. The van der Waals surface area contributed by atoms with Crippen molar-refractivity contribution < 1.29 is 5.11 Å². The third-order valence-electron chi connectivity index (χ3n) is 2.99. The summed E-state index contributed by atoms with van der Waals surface area (Å²) in [5.74, 6) is 0. The molecule has 0 atom stereocenters. The molecule has 0 saturated carbocycles. The molecule has 1 fully saturated rings. The Bertz CT molecular complexity index is 133. The van der Waals surface area contributed by atoms with Crippen LogP contribution in [-0.2, 0) is 0 Å². The zero-order valence-electron chi connectivity index (χ0n) is 9.12. The smallest absolute Gasteiger partial charge is 0.0564 e. The van der Waals surface area contributed by atoms with Crippen molar-refractivity contribution in [2.24, 2.45) is 5.73 Å². The topological polar surface area (TPSA) is 49.5 Å². The third-order valence-corrected chi connectivity index (χ3v) is 2.99. The highest BCUT2D eigenvalue weighted by atomic mass is 16.3. The molecule has 3 N–H and O–H groups in total. The highest BCUT2D eigenvalue weighted by Crippen LogP contribution is 2.11. The van der Waals surface area contributed by atoms with E-state index in [1.807, 2.05) is 0 Å². The van der Waals surface area contributed by atoms with Crippen LogP contribution in [0.1, 0.15) is 38.5 Å². The van der Waals surface area contributed by atoms with E-state index in [1.54, 1.807) is 0 Å². The van der Waals surface area contributed by atoms with Crippen molar-refractivity contribution in [2.75, 3.05) is 26.2 Å². The molecule has 0 spiro atoms. The molecule has 0 aromatic carbocycles. The number of aliphatic hydroxyl groups excluding tert-OH is 1. The number of nitrogens with zero attached hydrogens (tertiary/aromatic N) is 1. The quantitative estimate of drug-likeness (QED) is 0.628. The first-order valence-corrected chi connectivity index (χ1v) is 5.93. The summed E-state index contributed by atoms with van der Waals surface area (Å²) >= 11 is 0. The van der Waals surface area contributed by atoms with E-state index in [-0.39, 0.29) is 6.10 Å². The monoisotopic (exact) mass is 200 g/mol. The summed E-state index contributed by atoms with van der Waals surface area (Å²) in [6, 6.07) is 0. The van der Waals surface area contributed by atoms with Crippen LogP contribution in [0.25, 0.3) is 0 Å². The van der Waals surface area contributed by atoms with Crippen molar-refractivity contribution in [3.05, 3.63) is 0 Å². The highest BCUT2D eigenvalue weighted by molar-refractivity contribution is 4.70. The molecule has 14 heavy (non-hydrogen) atoms. The number of hydrogen-bond donors (Lipinski definition) is 2. The maximum Gasteiger partial charge on any atom is 0.0564 e. The fourth-order valence-corrected chi connectivity index (χ4v) is 1.98. The van der Waals surface area contributed by atoms with Gasteiger partial charge in [0.05, 0.1) is 6.10 Å². The number of nitrogens with two attached hydrogens (primary N) is 1. The van der Waals surface area contributed by atoms with Gasteiger partial charge < -0.3 is 15.7 Å². The summed E-state index contributed by atoms with van der Waals surface area (Å²) in [6.45, 7) is 4.20. The average Bonchev–Trinajstić information content (AvgIpc) is 2.21. The maximum atomic E-state index is 9.33. The van der Waals surface area contributed by atoms with Gasteiger partial charge in [-0.15, -0.1) is 0 Å². The molecule has 0 unspecified atom stereocenters. The van der Waals surface area contributed by atoms with E-state index >= 15 is 0 Å². The minimum absolute atomic E-state index is 0.0384. The van der Waals surface area contributed by atoms with Gasteiger partial charge in [-0.3, -0.25) is 0 Å². The van der Waals surface area contributed by atoms with Crippen LogP contribution in [0.4, 0.5) is 0 Å². The Balaban J connectivity index is 1.91. The molecule has 3 heteroatoms. The Morgan fingerprint density at radius 1 is 1.07 bits per heavy atom. The Kier molecular flexibility index (Phi) is 6.15. The van der Waals surface area contributed by atoms with E-state index in [1.165, 1.54) is 32.2 Å². The second-order valence-corrected chi connectivity index (χ2v) is 4.28. The van der Waals surface area contributed by atoms with Gasteiger partial charge in [0.2, 0.25) is 0 Å². The molecule has 3 nitrogen and oxygen atoms in total. The molecule has 0 aromatic rings. The van der Waals surface area contributed by atoms with Crippen LogP contribution in [0, 0.1) is 0 Å². The van der Waals surface area contributed by atoms with Gasteiger partial charge in [-0.25, -0.2) is 0 Å². The second kappa shape index (κ2) is 7.21. The lowest BCUT2D eigenvalue weighted by molar-refractivity contribution is 0.0817. The lowest BCUT2D eigenvalue weighted by atomic mass is 10.1. The first-order chi connectivity index (χ1) is 6.83. The van der Waals surface area contributed by atoms with Crippen LogP contribution in [0.3, 0.4) is 0 Å². The molecular formula is C11H24N2O. The number of unbranched alkanes of at least 4 members (excludes halogenated alkanes) is 3. The Hall–Kier alpha value is -0.120. The fraction of sp³-hybridized carbons (Fsp3) is 1.00. The Morgan fingerprint density at radius 2 is 1.71 bits per heavy atom. The maximum absolute atomic E-state index is 9.33. The van der Waals surface area contributed by atoms with Crippen molar-refractivity contribution in [2.45, 2.75) is 44.6 Å². The predicted octanol–water partition coefficient (Wildman–Crippen LogP) is 0.962. The molecule has 1 heterocycles. The van der Waals surface area contributed by atoms with Crippen LogP contribution in [0.5, 0.6) is 0 Å². The summed E-state index contributed by atoms with van der Waals surface area (Å²) in [5.41, 5.74) is 5.43. The SMILES string of the molecule is NCCCCCCN1CCC(O)CC1. The number of rotatable bonds is 6. The first kappa shape index (κ1) is 12.0. The Morgan fingerprint density at radius 3 is 2.36 bits per heavy atom. The Labute approximate surface area is 87.3 Å². The minimum atomic E-state index is -0.0384. The number of likely N-dealkylation sites (tertiary alicyclic amines) is 1. The van der Waals surface area contributed by atoms with Gasteiger partial charge in [0.1, 0.15) is 0 Å². The molecule has 84 valence electrons. The first-order valence-electron chi connectivity index (χ1n) is 5.93. The fourth-order valence-electron chi connectivity index (χ4n) is 1.98. The summed E-state index contributed by atoms with van der Waals surface area (Å²) in [7, 11) is 0. The molecule has 0 aliphatic carbocycles. The molecule has 1 rings (SSSR count). The molecule has 0 bridgehead atoms. The zero-order chi connectivity index (χ0) is 10.2. The number of hydrogen-bond acceptors (Lipinski definition) is 3. The van der Waals surface area contributed by atoms with Crippen molar-refractivity contribution in [1.82, 2.24) is 4.90 Å². The van der Waals surface area contributed by atoms with Gasteiger partial charge in [0.15, 0.2) is 0 Å². The van der Waals surface area contributed by atoms with Crippen molar-refractivity contribution in [1.29, 1.82) is 0 Å². The van der Waals surface area contributed by atoms with E-state index in [9.17, 15) is 5.11 Å². The van der Waals surface area contributed by atoms with Crippen molar-refractivity contribution in [3.63, 3.8) is 0 Å². The summed E-state index contributed by atoms with van der Waals surface area (Å²) in [5, 5.41) is 9.33. The summed E-state index contributed by atoms with van der Waals surface area (Å²) < 4.78 is 0. The van der Waals surface area contributed by atoms with Crippen molar-refractivity contribution in [3.8, 4) is 0 Å². The van der Waals surface area contributed by atoms with Gasteiger partial charge >= 0.3 is 0 Å². The van der Waals surface area contributed by atoms with Crippen LogP contribution in [0.2, 0.25) is 0 Å². The van der Waals surface area contributed by atoms with Gasteiger partial charge in [-0.05, 0) is 38.8 Å². The van der Waals surface area contributed by atoms with Crippen LogP contribution in [0.15, 0.2) is 0 Å². The molecule has 0 radical (unpaired) electrons. The zero-order valence-corrected chi connectivity index (χ0v) is 9.12. The summed E-state index contributed by atoms with van der Waals surface area (Å²) in [4.78, 5) is 2.47. The lowest BCUT2D eigenvalue weighted by Crippen LogP contribution is -2.36. The molecule has 1 saturated heterocycles.